The summed E-state index contributed by atoms with van der Waals surface area (Å²) in [6.45, 7) is 3.89. The maximum Gasteiger partial charge on any atom is 0.407 e. The molecule has 0 fully saturated rings. The van der Waals surface area contributed by atoms with Crippen LogP contribution in [0.2, 0.25) is 0 Å². The van der Waals surface area contributed by atoms with E-state index < -0.39 is 29.4 Å². The number of fused-ring (bicyclic) bond motifs is 3. The van der Waals surface area contributed by atoms with Gasteiger partial charge in [0.25, 0.3) is 0 Å². The van der Waals surface area contributed by atoms with Crippen molar-refractivity contribution in [2.45, 2.75) is 32.4 Å². The van der Waals surface area contributed by atoms with Crippen molar-refractivity contribution in [3.05, 3.63) is 95.6 Å². The van der Waals surface area contributed by atoms with E-state index in [1.165, 1.54) is 13.8 Å². The number of carbonyl (C=O) groups excluding carboxylic acids is 2. The highest BCUT2D eigenvalue weighted by atomic mass is 16.5. The molecule has 0 spiro atoms. The molecule has 3 N–H and O–H groups in total. The molecular weight excluding hydrogens is 494 g/mol. The van der Waals surface area contributed by atoms with Gasteiger partial charge in [-0.25, -0.2) is 4.79 Å². The Morgan fingerprint density at radius 2 is 1.49 bits per heavy atom. The van der Waals surface area contributed by atoms with Gasteiger partial charge in [-0.2, -0.15) is 0 Å². The first-order valence-electron chi connectivity index (χ1n) is 13.0. The molecule has 1 aliphatic carbocycles. The lowest BCUT2D eigenvalue weighted by atomic mass is 9.94. The van der Waals surface area contributed by atoms with Crippen LogP contribution < -0.4 is 10.6 Å². The number of nitrogens with one attached hydrogen (secondary N) is 2. The molecule has 4 rings (SSSR count). The summed E-state index contributed by atoms with van der Waals surface area (Å²) in [5.74, 6) is -1.60. The lowest BCUT2D eigenvalue weighted by molar-refractivity contribution is -0.146. The smallest absolute Gasteiger partial charge is 0.407 e. The highest BCUT2D eigenvalue weighted by molar-refractivity contribution is 5.86. The van der Waals surface area contributed by atoms with Gasteiger partial charge in [-0.15, -0.1) is 0 Å². The second-order valence-electron chi connectivity index (χ2n) is 10.6. The Hall–Kier alpha value is -4.17. The van der Waals surface area contributed by atoms with Crippen LogP contribution in [0.3, 0.4) is 0 Å². The molecule has 0 bridgehead atoms. The zero-order chi connectivity index (χ0) is 28.0. The summed E-state index contributed by atoms with van der Waals surface area (Å²) >= 11 is 0. The largest absolute Gasteiger partial charge is 0.481 e. The number of aliphatic carboxylic acids is 1. The fourth-order valence-corrected chi connectivity index (χ4v) is 4.75. The molecule has 0 saturated carbocycles. The SMILES string of the molecule is CN(Cc1ccccc1)CC(NC(=O)OCC1c2ccccc2-c2ccccc21)C(=O)NCC(C)(C)C(=O)O. The van der Waals surface area contributed by atoms with E-state index in [9.17, 15) is 19.5 Å². The number of ether oxygens (including phenoxy) is 1. The molecular formula is C31H35N3O5. The Morgan fingerprint density at radius 3 is 2.08 bits per heavy atom. The monoisotopic (exact) mass is 529 g/mol. The number of alkyl carbamates (subject to hydrolysis) is 1. The summed E-state index contributed by atoms with van der Waals surface area (Å²) in [7, 11) is 1.86. The average molecular weight is 530 g/mol. The fraction of sp³-hybridized carbons (Fsp3) is 0.323. The number of hydrogen-bond donors (Lipinski definition) is 3. The molecule has 0 radical (unpaired) electrons. The van der Waals surface area contributed by atoms with Gasteiger partial charge in [-0.3, -0.25) is 14.5 Å². The molecule has 204 valence electrons. The standard InChI is InChI=1S/C31H35N3O5/c1-31(2,29(36)37)20-32-28(35)27(18-34(3)17-21-11-5-4-6-12-21)33-30(38)39-19-26-24-15-9-7-13-22(24)23-14-8-10-16-25(23)26/h4-16,26-27H,17-20H2,1-3H3,(H,32,35)(H,33,38)(H,36,37). The molecule has 0 aromatic heterocycles. The molecule has 2 amide bonds. The Morgan fingerprint density at radius 1 is 0.923 bits per heavy atom. The molecule has 0 saturated heterocycles. The second-order valence-corrected chi connectivity index (χ2v) is 10.6. The van der Waals surface area contributed by atoms with E-state index in [-0.39, 0.29) is 25.6 Å². The van der Waals surface area contributed by atoms with Gasteiger partial charge >= 0.3 is 12.1 Å². The third kappa shape index (κ3) is 6.83. The summed E-state index contributed by atoms with van der Waals surface area (Å²) in [6, 6.07) is 25.0. The van der Waals surface area contributed by atoms with Crippen LogP contribution in [0.4, 0.5) is 4.79 Å². The fourth-order valence-electron chi connectivity index (χ4n) is 4.75. The molecule has 1 atom stereocenters. The van der Waals surface area contributed by atoms with E-state index in [1.54, 1.807) is 0 Å². The van der Waals surface area contributed by atoms with E-state index in [0.717, 1.165) is 27.8 Å². The molecule has 8 heteroatoms. The molecule has 1 aliphatic rings. The van der Waals surface area contributed by atoms with Gasteiger partial charge in [0.1, 0.15) is 12.6 Å². The second kappa shape index (κ2) is 12.1. The van der Waals surface area contributed by atoms with E-state index in [2.05, 4.69) is 22.8 Å². The molecule has 0 heterocycles. The van der Waals surface area contributed by atoms with Gasteiger partial charge in [0.15, 0.2) is 0 Å². The molecule has 3 aromatic rings. The maximum atomic E-state index is 13.1. The Labute approximate surface area is 229 Å². The Balaban J connectivity index is 1.43. The number of amides is 2. The molecule has 3 aromatic carbocycles. The van der Waals surface area contributed by atoms with Crippen LogP contribution in [0.5, 0.6) is 0 Å². The van der Waals surface area contributed by atoms with Crippen molar-refractivity contribution in [1.82, 2.24) is 15.5 Å². The third-order valence-corrected chi connectivity index (χ3v) is 7.03. The van der Waals surface area contributed by atoms with Gasteiger partial charge < -0.3 is 20.5 Å². The van der Waals surface area contributed by atoms with Crippen molar-refractivity contribution in [3.8, 4) is 11.1 Å². The van der Waals surface area contributed by atoms with Crippen LogP contribution in [0, 0.1) is 5.41 Å². The van der Waals surface area contributed by atoms with Crippen LogP contribution in [0.1, 0.15) is 36.5 Å². The number of rotatable bonds is 11. The maximum absolute atomic E-state index is 13.1. The van der Waals surface area contributed by atoms with Crippen LogP contribution >= 0.6 is 0 Å². The summed E-state index contributed by atoms with van der Waals surface area (Å²) in [6.07, 6.45) is -0.706. The summed E-state index contributed by atoms with van der Waals surface area (Å²) in [4.78, 5) is 39.5. The lowest BCUT2D eigenvalue weighted by Crippen LogP contribution is -2.54. The third-order valence-electron chi connectivity index (χ3n) is 7.03. The van der Waals surface area contributed by atoms with Crippen molar-refractivity contribution in [2.75, 3.05) is 26.7 Å². The van der Waals surface area contributed by atoms with Gasteiger partial charge in [0.2, 0.25) is 5.91 Å². The number of hydrogen-bond acceptors (Lipinski definition) is 5. The number of likely N-dealkylation sites (N-methyl/N-ethyl adjacent to an activating group) is 1. The van der Waals surface area contributed by atoms with Crippen molar-refractivity contribution >= 4 is 18.0 Å². The lowest BCUT2D eigenvalue weighted by Gasteiger charge is -2.26. The Kier molecular flexibility index (Phi) is 8.66. The first-order chi connectivity index (χ1) is 18.7. The van der Waals surface area contributed by atoms with Gasteiger partial charge in [0, 0.05) is 25.6 Å². The number of benzene rings is 3. The molecule has 8 nitrogen and oxygen atoms in total. The van der Waals surface area contributed by atoms with Crippen LogP contribution in [-0.4, -0.2) is 60.8 Å². The van der Waals surface area contributed by atoms with E-state index in [1.807, 2.05) is 78.7 Å². The van der Waals surface area contributed by atoms with Crippen LogP contribution in [0.25, 0.3) is 11.1 Å². The Bertz CT molecular complexity index is 1280. The van der Waals surface area contributed by atoms with Gasteiger partial charge in [-0.1, -0.05) is 78.9 Å². The number of carboxylic acid groups (broad SMARTS) is 1. The van der Waals surface area contributed by atoms with Crippen molar-refractivity contribution in [1.29, 1.82) is 0 Å². The minimum atomic E-state index is -1.15. The predicted molar refractivity (Wildman–Crippen MR) is 149 cm³/mol. The molecule has 0 aliphatic heterocycles. The van der Waals surface area contributed by atoms with Crippen LogP contribution in [-0.2, 0) is 20.9 Å². The predicted octanol–water partition coefficient (Wildman–Crippen LogP) is 4.25. The topological polar surface area (TPSA) is 108 Å². The van der Waals surface area contributed by atoms with Gasteiger partial charge in [0.05, 0.1) is 5.41 Å². The van der Waals surface area contributed by atoms with E-state index in [4.69, 9.17) is 4.74 Å². The van der Waals surface area contributed by atoms with Crippen LogP contribution in [0.15, 0.2) is 78.9 Å². The van der Waals surface area contributed by atoms with E-state index >= 15 is 0 Å². The molecule has 39 heavy (non-hydrogen) atoms. The minimum absolute atomic E-state index is 0.0769. The summed E-state index contributed by atoms with van der Waals surface area (Å²) in [5, 5.41) is 14.8. The van der Waals surface area contributed by atoms with Crippen molar-refractivity contribution in [2.24, 2.45) is 5.41 Å². The number of carboxylic acids is 1. The zero-order valence-corrected chi connectivity index (χ0v) is 22.5. The first kappa shape index (κ1) is 27.9. The minimum Gasteiger partial charge on any atom is -0.481 e. The highest BCUT2D eigenvalue weighted by Gasteiger charge is 2.32. The summed E-state index contributed by atoms with van der Waals surface area (Å²) in [5.41, 5.74) is 4.36. The number of nitrogens with zero attached hydrogens (tertiary/aromatic N) is 1. The van der Waals surface area contributed by atoms with Crippen molar-refractivity contribution < 1.29 is 24.2 Å². The quantitative estimate of drug-likeness (QED) is 0.343. The van der Waals surface area contributed by atoms with Crippen molar-refractivity contribution in [3.63, 3.8) is 0 Å². The van der Waals surface area contributed by atoms with E-state index in [0.29, 0.717) is 6.54 Å². The zero-order valence-electron chi connectivity index (χ0n) is 22.5. The number of carbonyl (C=O) groups is 3. The average Bonchev–Trinajstić information content (AvgIpc) is 3.24. The van der Waals surface area contributed by atoms with Gasteiger partial charge in [-0.05, 0) is 48.7 Å². The molecule has 1 unspecified atom stereocenters. The first-order valence-corrected chi connectivity index (χ1v) is 13.0. The highest BCUT2D eigenvalue weighted by Crippen LogP contribution is 2.44. The summed E-state index contributed by atoms with van der Waals surface area (Å²) < 4.78 is 5.66. The normalized spacial score (nSPS) is 13.3.